The summed E-state index contributed by atoms with van der Waals surface area (Å²) in [6.45, 7) is 1.92. The van der Waals surface area contributed by atoms with E-state index in [2.05, 4.69) is 5.32 Å². The van der Waals surface area contributed by atoms with Gasteiger partial charge in [0, 0.05) is 24.4 Å². The lowest BCUT2D eigenvalue weighted by Crippen LogP contribution is -2.46. The van der Waals surface area contributed by atoms with Gasteiger partial charge in [0.25, 0.3) is 5.91 Å². The SMILES string of the molecule is Cc1ccc([C@@H](C(=O)NCc2ccc(F)cc2)N(C(=O)[C@@H]2CSC(=O)C2)c2ccccc2)o1. The number of hydrogen-bond acceptors (Lipinski definition) is 5. The van der Waals surface area contributed by atoms with Crippen LogP contribution in [0.25, 0.3) is 0 Å². The third kappa shape index (κ3) is 5.34. The van der Waals surface area contributed by atoms with Crippen molar-refractivity contribution in [2.24, 2.45) is 5.92 Å². The summed E-state index contributed by atoms with van der Waals surface area (Å²) in [6, 6.07) is 17.0. The van der Waals surface area contributed by atoms with E-state index < -0.39 is 17.9 Å². The molecule has 170 valence electrons. The molecule has 2 atom stereocenters. The highest BCUT2D eigenvalue weighted by Crippen LogP contribution is 2.34. The summed E-state index contributed by atoms with van der Waals surface area (Å²) in [6.07, 6.45) is 0.133. The number of para-hydroxylation sites is 1. The summed E-state index contributed by atoms with van der Waals surface area (Å²) in [5.41, 5.74) is 1.25. The number of nitrogens with zero attached hydrogens (tertiary/aromatic N) is 1. The maximum atomic E-state index is 13.6. The number of halogens is 1. The molecule has 0 bridgehead atoms. The molecule has 8 heteroatoms. The summed E-state index contributed by atoms with van der Waals surface area (Å²) in [7, 11) is 0. The van der Waals surface area contributed by atoms with E-state index in [1.165, 1.54) is 17.0 Å². The predicted octanol–water partition coefficient (Wildman–Crippen LogP) is 4.40. The molecule has 0 spiro atoms. The van der Waals surface area contributed by atoms with Crippen LogP contribution >= 0.6 is 11.8 Å². The molecule has 3 aromatic rings. The van der Waals surface area contributed by atoms with E-state index in [0.29, 0.717) is 23.0 Å². The molecule has 1 aliphatic heterocycles. The first-order valence-corrected chi connectivity index (χ1v) is 11.5. The molecule has 1 saturated heterocycles. The van der Waals surface area contributed by atoms with Gasteiger partial charge >= 0.3 is 0 Å². The van der Waals surface area contributed by atoms with Gasteiger partial charge in [-0.3, -0.25) is 19.3 Å². The van der Waals surface area contributed by atoms with E-state index in [4.69, 9.17) is 4.42 Å². The monoisotopic (exact) mass is 466 g/mol. The van der Waals surface area contributed by atoms with Gasteiger partial charge in [0.05, 0.1) is 5.92 Å². The highest BCUT2D eigenvalue weighted by Gasteiger charge is 2.40. The first kappa shape index (κ1) is 22.8. The number of carbonyl (C=O) groups excluding carboxylic acids is 3. The van der Waals surface area contributed by atoms with Crippen molar-refractivity contribution in [3.8, 4) is 0 Å². The van der Waals surface area contributed by atoms with Gasteiger partial charge in [-0.05, 0) is 48.9 Å². The van der Waals surface area contributed by atoms with Gasteiger partial charge in [0.15, 0.2) is 11.2 Å². The zero-order chi connectivity index (χ0) is 23.4. The van der Waals surface area contributed by atoms with E-state index in [0.717, 1.165) is 17.3 Å². The molecule has 2 heterocycles. The molecule has 0 aliphatic carbocycles. The number of anilines is 1. The maximum Gasteiger partial charge on any atom is 0.251 e. The van der Waals surface area contributed by atoms with Crippen molar-refractivity contribution < 1.29 is 23.2 Å². The van der Waals surface area contributed by atoms with Crippen LogP contribution in [0.2, 0.25) is 0 Å². The molecule has 33 heavy (non-hydrogen) atoms. The molecule has 1 aromatic heterocycles. The van der Waals surface area contributed by atoms with Gasteiger partial charge in [0.1, 0.15) is 17.3 Å². The van der Waals surface area contributed by atoms with Crippen molar-refractivity contribution in [2.75, 3.05) is 10.7 Å². The number of carbonyl (C=O) groups is 3. The largest absolute Gasteiger partial charge is 0.464 e. The zero-order valence-electron chi connectivity index (χ0n) is 18.0. The van der Waals surface area contributed by atoms with Crippen LogP contribution in [-0.4, -0.2) is 22.7 Å². The van der Waals surface area contributed by atoms with Crippen molar-refractivity contribution in [1.82, 2.24) is 5.32 Å². The van der Waals surface area contributed by atoms with Crippen molar-refractivity contribution in [1.29, 1.82) is 0 Å². The van der Waals surface area contributed by atoms with Crippen molar-refractivity contribution in [3.63, 3.8) is 0 Å². The third-order valence-corrected chi connectivity index (χ3v) is 6.45. The van der Waals surface area contributed by atoms with Gasteiger partial charge in [-0.1, -0.05) is 42.1 Å². The van der Waals surface area contributed by atoms with Gasteiger partial charge in [0.2, 0.25) is 5.91 Å². The van der Waals surface area contributed by atoms with Crippen molar-refractivity contribution in [2.45, 2.75) is 25.9 Å². The molecular weight excluding hydrogens is 443 g/mol. The standard InChI is InChI=1S/C25H23FN2O4S/c1-16-7-12-21(32-16)23(24(30)27-14-17-8-10-19(26)11-9-17)28(20-5-3-2-4-6-20)25(31)18-13-22(29)33-15-18/h2-12,18,23H,13-15H2,1H3,(H,27,30)/t18-,23-/m0/s1. The molecule has 0 radical (unpaired) electrons. The fraction of sp³-hybridized carbons (Fsp3) is 0.240. The minimum Gasteiger partial charge on any atom is -0.464 e. The Labute approximate surface area is 195 Å². The highest BCUT2D eigenvalue weighted by atomic mass is 32.2. The second kappa shape index (κ2) is 10.0. The summed E-state index contributed by atoms with van der Waals surface area (Å²) in [5.74, 6) is -0.336. The minimum atomic E-state index is -1.07. The van der Waals surface area contributed by atoms with E-state index in [1.807, 2.05) is 6.07 Å². The molecular formula is C25H23FN2O4S. The van der Waals surface area contributed by atoms with Crippen LogP contribution in [0.5, 0.6) is 0 Å². The number of thioether (sulfide) groups is 1. The Kier molecular flexibility index (Phi) is 6.93. The summed E-state index contributed by atoms with van der Waals surface area (Å²) >= 11 is 1.13. The third-order valence-electron chi connectivity index (χ3n) is 5.40. The van der Waals surface area contributed by atoms with Crippen LogP contribution in [-0.2, 0) is 20.9 Å². The Morgan fingerprint density at radius 2 is 1.85 bits per heavy atom. The lowest BCUT2D eigenvalue weighted by atomic mass is 10.0. The second-order valence-corrected chi connectivity index (χ2v) is 8.90. The highest BCUT2D eigenvalue weighted by molar-refractivity contribution is 8.14. The predicted molar refractivity (Wildman–Crippen MR) is 124 cm³/mol. The molecule has 0 saturated carbocycles. The fourth-order valence-electron chi connectivity index (χ4n) is 3.72. The first-order chi connectivity index (χ1) is 15.9. The van der Waals surface area contributed by atoms with Crippen LogP contribution in [0.4, 0.5) is 10.1 Å². The number of benzene rings is 2. The molecule has 6 nitrogen and oxygen atoms in total. The van der Waals surface area contributed by atoms with Gasteiger partial charge < -0.3 is 9.73 Å². The minimum absolute atomic E-state index is 0.0347. The van der Waals surface area contributed by atoms with Crippen molar-refractivity contribution in [3.05, 3.63) is 89.6 Å². The van der Waals surface area contributed by atoms with E-state index in [-0.39, 0.29) is 29.8 Å². The quantitative estimate of drug-likeness (QED) is 0.558. The summed E-state index contributed by atoms with van der Waals surface area (Å²) < 4.78 is 19.0. The number of rotatable bonds is 7. The molecule has 2 aromatic carbocycles. The van der Waals surface area contributed by atoms with Gasteiger partial charge in [-0.2, -0.15) is 0 Å². The van der Waals surface area contributed by atoms with Crippen LogP contribution in [0, 0.1) is 18.7 Å². The molecule has 1 aliphatic rings. The molecule has 0 unspecified atom stereocenters. The molecule has 1 N–H and O–H groups in total. The number of nitrogens with one attached hydrogen (secondary N) is 1. The molecule has 1 fully saturated rings. The number of furan rings is 1. The Bertz CT molecular complexity index is 1150. The lowest BCUT2D eigenvalue weighted by molar-refractivity contribution is -0.129. The summed E-state index contributed by atoms with van der Waals surface area (Å²) in [5, 5.41) is 2.81. The normalized spacial score (nSPS) is 16.4. The van der Waals surface area contributed by atoms with Gasteiger partial charge in [-0.15, -0.1) is 0 Å². The topological polar surface area (TPSA) is 79.6 Å². The second-order valence-electron chi connectivity index (χ2n) is 7.82. The Hall–Kier alpha value is -3.39. The fourth-order valence-corrected chi connectivity index (χ4v) is 4.69. The van der Waals surface area contributed by atoms with E-state index in [9.17, 15) is 18.8 Å². The smallest absolute Gasteiger partial charge is 0.251 e. The molecule has 2 amide bonds. The van der Waals surface area contributed by atoms with Crippen LogP contribution < -0.4 is 10.2 Å². The Morgan fingerprint density at radius 1 is 1.12 bits per heavy atom. The number of amides is 2. The Balaban J connectivity index is 1.68. The van der Waals surface area contributed by atoms with E-state index >= 15 is 0 Å². The van der Waals surface area contributed by atoms with Crippen LogP contribution in [0.15, 0.2) is 71.1 Å². The van der Waals surface area contributed by atoms with Gasteiger partial charge in [-0.25, -0.2) is 4.39 Å². The average molecular weight is 467 g/mol. The van der Waals surface area contributed by atoms with Crippen molar-refractivity contribution >= 4 is 34.4 Å². The van der Waals surface area contributed by atoms with Crippen LogP contribution in [0.1, 0.15) is 29.5 Å². The molecule has 4 rings (SSSR count). The van der Waals surface area contributed by atoms with E-state index in [1.54, 1.807) is 55.5 Å². The maximum absolute atomic E-state index is 13.6. The first-order valence-electron chi connectivity index (χ1n) is 10.5. The lowest BCUT2D eigenvalue weighted by Gasteiger charge is -2.31. The number of aryl methyl sites for hydroxylation is 1. The van der Waals surface area contributed by atoms with Crippen LogP contribution in [0.3, 0.4) is 0 Å². The summed E-state index contributed by atoms with van der Waals surface area (Å²) in [4.78, 5) is 40.4. The zero-order valence-corrected chi connectivity index (χ0v) is 18.8. The Morgan fingerprint density at radius 3 is 2.45 bits per heavy atom. The average Bonchev–Trinajstić information content (AvgIpc) is 3.45. The number of hydrogen-bond donors (Lipinski definition) is 1.